The largest absolute Gasteiger partial charge is 0.465 e. The number of amides is 1. The molecule has 2 rings (SSSR count). The summed E-state index contributed by atoms with van der Waals surface area (Å²) in [6.07, 6.45) is 0. The lowest BCUT2D eigenvalue weighted by atomic mass is 10.1. The van der Waals surface area contributed by atoms with E-state index in [1.807, 2.05) is 0 Å². The van der Waals surface area contributed by atoms with Gasteiger partial charge in [-0.2, -0.15) is 0 Å². The Bertz CT molecular complexity index is 874. The Kier molecular flexibility index (Phi) is 7.27. The highest BCUT2D eigenvalue weighted by Crippen LogP contribution is 2.16. The molecule has 8 nitrogen and oxygen atoms in total. The highest BCUT2D eigenvalue weighted by molar-refractivity contribution is 6.02. The number of benzene rings is 2. The van der Waals surface area contributed by atoms with Crippen molar-refractivity contribution in [1.82, 2.24) is 0 Å². The summed E-state index contributed by atoms with van der Waals surface area (Å²) in [5, 5.41) is 2.51. The highest BCUT2D eigenvalue weighted by Gasteiger charge is 2.16. The molecule has 2 aromatic carbocycles. The molecule has 0 spiro atoms. The van der Waals surface area contributed by atoms with Crippen LogP contribution in [0.15, 0.2) is 48.5 Å². The molecule has 0 heterocycles. The molecule has 2 aromatic rings. The number of methoxy groups -OCH3 is 1. The number of esters is 3. The molecule has 0 aromatic heterocycles. The van der Waals surface area contributed by atoms with E-state index >= 15 is 0 Å². The molecule has 0 atom stereocenters. The molecule has 146 valence electrons. The first-order valence-electron chi connectivity index (χ1n) is 8.37. The van der Waals surface area contributed by atoms with Crippen LogP contribution in [-0.2, 0) is 19.0 Å². The van der Waals surface area contributed by atoms with Crippen LogP contribution in [0.25, 0.3) is 0 Å². The average molecular weight is 385 g/mol. The monoisotopic (exact) mass is 385 g/mol. The fourth-order valence-electron chi connectivity index (χ4n) is 2.24. The van der Waals surface area contributed by atoms with Gasteiger partial charge in [0.1, 0.15) is 0 Å². The van der Waals surface area contributed by atoms with Crippen LogP contribution in [0.1, 0.15) is 38.0 Å². The second kappa shape index (κ2) is 9.86. The molecule has 0 aliphatic rings. The van der Waals surface area contributed by atoms with Crippen molar-refractivity contribution in [3.05, 3.63) is 65.2 Å². The molecule has 1 N–H and O–H groups in total. The fraction of sp³-hybridized carbons (Fsp3) is 0.200. The van der Waals surface area contributed by atoms with Gasteiger partial charge in [-0.15, -0.1) is 0 Å². The Labute approximate surface area is 161 Å². The molecule has 0 aliphatic heterocycles. The Morgan fingerprint density at radius 2 is 1.43 bits per heavy atom. The van der Waals surface area contributed by atoms with Crippen molar-refractivity contribution in [2.45, 2.75) is 6.92 Å². The Morgan fingerprint density at radius 1 is 0.821 bits per heavy atom. The number of carbonyl (C=O) groups is 4. The van der Waals surface area contributed by atoms with Gasteiger partial charge in [0, 0.05) is 0 Å². The second-order valence-electron chi connectivity index (χ2n) is 5.46. The minimum atomic E-state index is -0.731. The van der Waals surface area contributed by atoms with E-state index in [9.17, 15) is 19.2 Å². The minimum Gasteiger partial charge on any atom is -0.465 e. The van der Waals surface area contributed by atoms with Gasteiger partial charge in [0.15, 0.2) is 6.61 Å². The predicted molar refractivity (Wildman–Crippen MR) is 99.1 cm³/mol. The lowest BCUT2D eigenvalue weighted by Crippen LogP contribution is -2.22. The summed E-state index contributed by atoms with van der Waals surface area (Å²) < 4.78 is 14.5. The van der Waals surface area contributed by atoms with Crippen LogP contribution in [0.4, 0.5) is 5.69 Å². The summed E-state index contributed by atoms with van der Waals surface area (Å²) in [7, 11) is 1.25. The minimum absolute atomic E-state index is 0.173. The van der Waals surface area contributed by atoms with Crippen molar-refractivity contribution < 1.29 is 33.4 Å². The first-order chi connectivity index (χ1) is 13.5. The molecule has 0 bridgehead atoms. The zero-order valence-electron chi connectivity index (χ0n) is 15.4. The summed E-state index contributed by atoms with van der Waals surface area (Å²) in [5.74, 6) is -2.44. The number of hydrogen-bond donors (Lipinski definition) is 1. The molecule has 28 heavy (non-hydrogen) atoms. The van der Waals surface area contributed by atoms with Crippen molar-refractivity contribution in [2.75, 3.05) is 25.6 Å². The molecule has 0 radical (unpaired) electrons. The number of rotatable bonds is 7. The third-order valence-corrected chi connectivity index (χ3v) is 3.57. The maximum atomic E-state index is 12.1. The second-order valence-corrected chi connectivity index (χ2v) is 5.46. The van der Waals surface area contributed by atoms with E-state index in [0.29, 0.717) is 0 Å². The van der Waals surface area contributed by atoms with Crippen LogP contribution in [0.2, 0.25) is 0 Å². The van der Waals surface area contributed by atoms with Gasteiger partial charge in [-0.25, -0.2) is 14.4 Å². The van der Waals surface area contributed by atoms with Gasteiger partial charge in [-0.05, 0) is 43.3 Å². The first-order valence-corrected chi connectivity index (χ1v) is 8.37. The molecule has 0 unspecified atom stereocenters. The zero-order valence-corrected chi connectivity index (χ0v) is 15.4. The van der Waals surface area contributed by atoms with E-state index in [4.69, 9.17) is 9.47 Å². The number of nitrogens with one attached hydrogen (secondary N) is 1. The van der Waals surface area contributed by atoms with E-state index in [-0.39, 0.29) is 29.0 Å². The molecule has 0 fully saturated rings. The van der Waals surface area contributed by atoms with E-state index in [0.717, 1.165) is 0 Å². The van der Waals surface area contributed by atoms with Crippen LogP contribution < -0.4 is 5.32 Å². The van der Waals surface area contributed by atoms with Crippen LogP contribution in [0, 0.1) is 0 Å². The summed E-state index contributed by atoms with van der Waals surface area (Å²) >= 11 is 0. The smallest absolute Gasteiger partial charge is 0.340 e. The van der Waals surface area contributed by atoms with Gasteiger partial charge >= 0.3 is 17.9 Å². The Balaban J connectivity index is 1.95. The topological polar surface area (TPSA) is 108 Å². The number of ether oxygens (including phenoxy) is 3. The third kappa shape index (κ3) is 5.41. The first kappa shape index (κ1) is 20.6. The Morgan fingerprint density at radius 3 is 2.04 bits per heavy atom. The summed E-state index contributed by atoms with van der Waals surface area (Å²) in [5.41, 5.74) is 0.909. The van der Waals surface area contributed by atoms with Crippen molar-refractivity contribution in [1.29, 1.82) is 0 Å². The summed E-state index contributed by atoms with van der Waals surface area (Å²) in [4.78, 5) is 47.4. The van der Waals surface area contributed by atoms with E-state index in [1.54, 1.807) is 19.1 Å². The fourth-order valence-corrected chi connectivity index (χ4v) is 2.24. The van der Waals surface area contributed by atoms with E-state index < -0.39 is 30.4 Å². The van der Waals surface area contributed by atoms with Crippen LogP contribution in [-0.4, -0.2) is 44.1 Å². The molecule has 0 saturated carbocycles. The standard InChI is InChI=1S/C20H19NO7/c1-3-27-20(25)15-6-4-5-7-16(15)21-17(22)12-28-19(24)14-10-8-13(9-11-14)18(23)26-2/h4-11H,3,12H2,1-2H3,(H,21,22). The van der Waals surface area contributed by atoms with Gasteiger partial charge in [-0.1, -0.05) is 12.1 Å². The van der Waals surface area contributed by atoms with E-state index in [1.165, 1.54) is 43.5 Å². The molecule has 1 amide bonds. The summed E-state index contributed by atoms with van der Waals surface area (Å²) in [6, 6.07) is 12.0. The average Bonchev–Trinajstić information content (AvgIpc) is 2.72. The van der Waals surface area contributed by atoms with Crippen molar-refractivity contribution in [3.8, 4) is 0 Å². The van der Waals surface area contributed by atoms with Gasteiger partial charge in [0.25, 0.3) is 5.91 Å². The van der Waals surface area contributed by atoms with Crippen molar-refractivity contribution >= 4 is 29.5 Å². The molecular formula is C20H19NO7. The van der Waals surface area contributed by atoms with Gasteiger partial charge < -0.3 is 19.5 Å². The number of hydrogen-bond acceptors (Lipinski definition) is 7. The maximum absolute atomic E-state index is 12.1. The van der Waals surface area contributed by atoms with Crippen molar-refractivity contribution in [2.24, 2.45) is 0 Å². The van der Waals surface area contributed by atoms with Crippen LogP contribution >= 0.6 is 0 Å². The quantitative estimate of drug-likeness (QED) is 0.576. The third-order valence-electron chi connectivity index (χ3n) is 3.57. The predicted octanol–water partition coefficient (Wildman–Crippen LogP) is 2.45. The maximum Gasteiger partial charge on any atom is 0.340 e. The number of para-hydroxylation sites is 1. The number of carbonyl (C=O) groups excluding carboxylic acids is 4. The normalized spacial score (nSPS) is 9.93. The van der Waals surface area contributed by atoms with Gasteiger partial charge in [0.05, 0.1) is 36.1 Å². The number of anilines is 1. The van der Waals surface area contributed by atoms with Crippen molar-refractivity contribution in [3.63, 3.8) is 0 Å². The SMILES string of the molecule is CCOC(=O)c1ccccc1NC(=O)COC(=O)c1ccc(C(=O)OC)cc1. The molecular weight excluding hydrogens is 366 g/mol. The molecule has 0 aliphatic carbocycles. The lowest BCUT2D eigenvalue weighted by Gasteiger charge is -2.10. The van der Waals surface area contributed by atoms with Crippen LogP contribution in [0.5, 0.6) is 0 Å². The molecule has 8 heteroatoms. The zero-order chi connectivity index (χ0) is 20.5. The summed E-state index contributed by atoms with van der Waals surface area (Å²) in [6.45, 7) is 1.33. The molecule has 0 saturated heterocycles. The van der Waals surface area contributed by atoms with Crippen LogP contribution in [0.3, 0.4) is 0 Å². The lowest BCUT2D eigenvalue weighted by molar-refractivity contribution is -0.119. The van der Waals surface area contributed by atoms with Gasteiger partial charge in [-0.3, -0.25) is 4.79 Å². The van der Waals surface area contributed by atoms with Gasteiger partial charge in [0.2, 0.25) is 0 Å². The van der Waals surface area contributed by atoms with E-state index in [2.05, 4.69) is 10.1 Å². The highest BCUT2D eigenvalue weighted by atomic mass is 16.5. The Hall–Kier alpha value is -3.68.